The first-order chi connectivity index (χ1) is 6.33. The Kier molecular flexibility index (Phi) is 3.28. The predicted molar refractivity (Wildman–Crippen MR) is 49.2 cm³/mol. The molecule has 13 heavy (non-hydrogen) atoms. The molecule has 0 aliphatic rings. The van der Waals surface area contributed by atoms with Crippen LogP contribution >= 0.6 is 0 Å². The minimum atomic E-state index is -0.411. The van der Waals surface area contributed by atoms with Crippen LogP contribution in [0.1, 0.15) is 5.56 Å². The third kappa shape index (κ3) is 3.21. The van der Waals surface area contributed by atoms with E-state index in [-0.39, 0.29) is 0 Å². The van der Waals surface area contributed by atoms with E-state index in [0.717, 1.165) is 5.56 Å². The van der Waals surface area contributed by atoms with Crippen LogP contribution in [0.5, 0.6) is 0 Å². The van der Waals surface area contributed by atoms with Crippen molar-refractivity contribution in [1.29, 1.82) is 5.26 Å². The van der Waals surface area contributed by atoms with Gasteiger partial charge in [-0.15, -0.1) is 0 Å². The maximum absolute atomic E-state index is 10.8. The Morgan fingerprint density at radius 3 is 2.69 bits per heavy atom. The summed E-state index contributed by atoms with van der Waals surface area (Å²) in [5.74, 6) is -0.411. The monoisotopic (exact) mass is 172 g/mol. The van der Waals surface area contributed by atoms with Crippen molar-refractivity contribution in [2.75, 3.05) is 0 Å². The Balaban J connectivity index is 2.60. The molecule has 1 N–H and O–H groups in total. The number of nitriles is 1. The minimum absolute atomic E-state index is 0.411. The summed E-state index contributed by atoms with van der Waals surface area (Å²) in [5, 5.41) is 10.1. The van der Waals surface area contributed by atoms with Crippen LogP contribution < -0.4 is 5.32 Å². The number of amides is 1. The molecule has 0 fully saturated rings. The number of hydrogen-bond acceptors (Lipinski definition) is 2. The third-order valence-electron chi connectivity index (χ3n) is 1.41. The van der Waals surface area contributed by atoms with E-state index < -0.39 is 5.91 Å². The SMILES string of the molecule is N#CNC(=O)/C=C/c1ccccc1. The molecule has 0 radical (unpaired) electrons. The van der Waals surface area contributed by atoms with Gasteiger partial charge in [0.1, 0.15) is 0 Å². The maximum Gasteiger partial charge on any atom is 0.256 e. The van der Waals surface area contributed by atoms with Crippen LogP contribution in [0.3, 0.4) is 0 Å². The van der Waals surface area contributed by atoms with Gasteiger partial charge in [-0.2, -0.15) is 5.26 Å². The highest BCUT2D eigenvalue weighted by molar-refractivity contribution is 5.92. The summed E-state index contributed by atoms with van der Waals surface area (Å²) in [4.78, 5) is 10.8. The van der Waals surface area contributed by atoms with Gasteiger partial charge in [0.05, 0.1) is 0 Å². The molecule has 1 aromatic carbocycles. The molecule has 0 bridgehead atoms. The minimum Gasteiger partial charge on any atom is -0.269 e. The number of hydrogen-bond donors (Lipinski definition) is 1. The normalized spacial score (nSPS) is 9.46. The van der Waals surface area contributed by atoms with Crippen molar-refractivity contribution >= 4 is 12.0 Å². The molecule has 0 aliphatic carbocycles. The Labute approximate surface area is 76.3 Å². The summed E-state index contributed by atoms with van der Waals surface area (Å²) in [7, 11) is 0. The van der Waals surface area contributed by atoms with Crippen molar-refractivity contribution in [3.8, 4) is 6.19 Å². The van der Waals surface area contributed by atoms with Gasteiger partial charge in [-0.1, -0.05) is 30.3 Å². The fourth-order valence-corrected chi connectivity index (χ4v) is 0.833. The lowest BCUT2D eigenvalue weighted by Crippen LogP contribution is -2.13. The molecule has 0 spiro atoms. The number of nitrogens with zero attached hydrogens (tertiary/aromatic N) is 1. The fourth-order valence-electron chi connectivity index (χ4n) is 0.833. The van der Waals surface area contributed by atoms with E-state index in [1.807, 2.05) is 35.6 Å². The molecule has 0 unspecified atom stereocenters. The molecule has 0 saturated heterocycles. The van der Waals surface area contributed by atoms with E-state index >= 15 is 0 Å². The summed E-state index contributed by atoms with van der Waals surface area (Å²) in [5.41, 5.74) is 0.926. The van der Waals surface area contributed by atoms with Crippen LogP contribution in [-0.4, -0.2) is 5.91 Å². The van der Waals surface area contributed by atoms with Crippen LogP contribution in [0, 0.1) is 11.5 Å². The van der Waals surface area contributed by atoms with Gasteiger partial charge in [-0.25, -0.2) is 0 Å². The number of carbonyl (C=O) groups is 1. The van der Waals surface area contributed by atoms with Crippen molar-refractivity contribution in [1.82, 2.24) is 5.32 Å². The summed E-state index contributed by atoms with van der Waals surface area (Å²) < 4.78 is 0. The molecule has 3 nitrogen and oxygen atoms in total. The predicted octanol–water partition coefficient (Wildman–Crippen LogP) is 1.30. The average molecular weight is 172 g/mol. The highest BCUT2D eigenvalue weighted by Gasteiger charge is 1.90. The van der Waals surface area contributed by atoms with E-state index in [1.54, 1.807) is 12.3 Å². The summed E-state index contributed by atoms with van der Waals surface area (Å²) in [6.07, 6.45) is 4.52. The zero-order chi connectivity index (χ0) is 9.52. The number of carbonyl (C=O) groups excluding carboxylic acids is 1. The van der Waals surface area contributed by atoms with Gasteiger partial charge in [0.15, 0.2) is 6.19 Å². The van der Waals surface area contributed by atoms with Gasteiger partial charge < -0.3 is 0 Å². The standard InChI is InChI=1S/C10H8N2O/c11-8-12-10(13)7-6-9-4-2-1-3-5-9/h1-7H,(H,12,13)/b7-6+. The quantitative estimate of drug-likeness (QED) is 0.415. The second kappa shape index (κ2) is 4.73. The smallest absolute Gasteiger partial charge is 0.256 e. The molecule has 0 aliphatic heterocycles. The van der Waals surface area contributed by atoms with Crippen LogP contribution in [0.2, 0.25) is 0 Å². The summed E-state index contributed by atoms with van der Waals surface area (Å²) in [6, 6.07) is 9.39. The molecular weight excluding hydrogens is 164 g/mol. The molecule has 64 valence electrons. The lowest BCUT2D eigenvalue weighted by atomic mass is 10.2. The van der Waals surface area contributed by atoms with Gasteiger partial charge in [-0.3, -0.25) is 10.1 Å². The maximum atomic E-state index is 10.8. The van der Waals surface area contributed by atoms with Gasteiger partial charge in [-0.05, 0) is 11.6 Å². The van der Waals surface area contributed by atoms with Crippen LogP contribution in [0.4, 0.5) is 0 Å². The highest BCUT2D eigenvalue weighted by atomic mass is 16.1. The van der Waals surface area contributed by atoms with E-state index in [0.29, 0.717) is 0 Å². The zero-order valence-electron chi connectivity index (χ0n) is 6.90. The van der Waals surface area contributed by atoms with Crippen molar-refractivity contribution in [2.24, 2.45) is 0 Å². The van der Waals surface area contributed by atoms with E-state index in [4.69, 9.17) is 5.26 Å². The first-order valence-electron chi connectivity index (χ1n) is 3.75. The van der Waals surface area contributed by atoms with Crippen molar-refractivity contribution in [3.05, 3.63) is 42.0 Å². The third-order valence-corrected chi connectivity index (χ3v) is 1.41. The van der Waals surface area contributed by atoms with Gasteiger partial charge in [0, 0.05) is 6.08 Å². The highest BCUT2D eigenvalue weighted by Crippen LogP contribution is 1.99. The molecule has 3 heteroatoms. The van der Waals surface area contributed by atoms with Crippen LogP contribution in [0.15, 0.2) is 36.4 Å². The first-order valence-corrected chi connectivity index (χ1v) is 3.75. The van der Waals surface area contributed by atoms with Gasteiger partial charge in [0.25, 0.3) is 5.91 Å². The molecule has 0 heterocycles. The van der Waals surface area contributed by atoms with E-state index in [1.165, 1.54) is 6.08 Å². The Hall–Kier alpha value is -2.08. The first kappa shape index (κ1) is 9.01. The molecule has 1 amide bonds. The second-order valence-electron chi connectivity index (χ2n) is 2.35. The second-order valence-corrected chi connectivity index (χ2v) is 2.35. The summed E-state index contributed by atoms with van der Waals surface area (Å²) >= 11 is 0. The molecular formula is C10H8N2O. The Morgan fingerprint density at radius 2 is 2.08 bits per heavy atom. The Bertz CT molecular complexity index is 349. The Morgan fingerprint density at radius 1 is 1.38 bits per heavy atom. The lowest BCUT2D eigenvalue weighted by molar-refractivity contribution is -0.115. The van der Waals surface area contributed by atoms with E-state index in [2.05, 4.69) is 0 Å². The number of benzene rings is 1. The zero-order valence-corrected chi connectivity index (χ0v) is 6.90. The number of nitrogens with one attached hydrogen (secondary N) is 1. The van der Waals surface area contributed by atoms with Crippen LogP contribution in [0.25, 0.3) is 6.08 Å². The molecule has 0 atom stereocenters. The van der Waals surface area contributed by atoms with Gasteiger partial charge >= 0.3 is 0 Å². The van der Waals surface area contributed by atoms with Crippen molar-refractivity contribution in [3.63, 3.8) is 0 Å². The average Bonchev–Trinajstić information content (AvgIpc) is 2.17. The van der Waals surface area contributed by atoms with Gasteiger partial charge in [0.2, 0.25) is 0 Å². The number of rotatable bonds is 2. The molecule has 0 aromatic heterocycles. The van der Waals surface area contributed by atoms with Crippen LogP contribution in [-0.2, 0) is 4.79 Å². The van der Waals surface area contributed by atoms with Crippen molar-refractivity contribution < 1.29 is 4.79 Å². The molecule has 0 saturated carbocycles. The lowest BCUT2D eigenvalue weighted by Gasteiger charge is -1.90. The van der Waals surface area contributed by atoms with E-state index in [9.17, 15) is 4.79 Å². The van der Waals surface area contributed by atoms with Crippen molar-refractivity contribution in [2.45, 2.75) is 0 Å². The topological polar surface area (TPSA) is 52.9 Å². The molecule has 1 aromatic rings. The summed E-state index contributed by atoms with van der Waals surface area (Å²) in [6.45, 7) is 0. The largest absolute Gasteiger partial charge is 0.269 e. The fraction of sp³-hybridized carbons (Fsp3) is 0. The molecule has 1 rings (SSSR count).